The molecule has 0 atom stereocenters. The van der Waals surface area contributed by atoms with E-state index in [9.17, 15) is 9.90 Å². The van der Waals surface area contributed by atoms with Crippen molar-refractivity contribution in [3.05, 3.63) is 53.1 Å². The van der Waals surface area contributed by atoms with Crippen LogP contribution in [0.3, 0.4) is 0 Å². The zero-order chi connectivity index (χ0) is 17.5. The number of phenolic OH excluding ortho intramolecular Hbond substituents is 1. The topological polar surface area (TPSA) is 80.2 Å². The Labute approximate surface area is 140 Å². The normalized spacial score (nSPS) is 10.6. The van der Waals surface area contributed by atoms with Crippen LogP contribution in [0.1, 0.15) is 16.7 Å². The number of aromatic hydroxyl groups is 1. The molecule has 6 heteroatoms. The fraction of sp³-hybridized carbons (Fsp3) is 0.222. The second-order valence-electron chi connectivity index (χ2n) is 5.18. The van der Waals surface area contributed by atoms with Gasteiger partial charge in [-0.3, -0.25) is 4.79 Å². The molecule has 0 spiro atoms. The van der Waals surface area contributed by atoms with Crippen LogP contribution in [0.5, 0.6) is 17.2 Å². The van der Waals surface area contributed by atoms with E-state index >= 15 is 0 Å². The molecule has 2 N–H and O–H groups in total. The Morgan fingerprint density at radius 2 is 1.92 bits per heavy atom. The third-order valence-electron chi connectivity index (χ3n) is 3.56. The summed E-state index contributed by atoms with van der Waals surface area (Å²) in [5.41, 5.74) is 4.88. The number of benzene rings is 2. The van der Waals surface area contributed by atoms with Crippen LogP contribution in [-0.4, -0.2) is 30.9 Å². The third-order valence-corrected chi connectivity index (χ3v) is 3.56. The van der Waals surface area contributed by atoms with E-state index in [0.717, 1.165) is 11.1 Å². The lowest BCUT2D eigenvalue weighted by molar-refractivity contribution is -0.123. The predicted molar refractivity (Wildman–Crippen MR) is 91.8 cm³/mol. The van der Waals surface area contributed by atoms with Crippen LogP contribution in [0.15, 0.2) is 41.5 Å². The average Bonchev–Trinajstić information content (AvgIpc) is 2.58. The molecule has 0 fully saturated rings. The first-order valence-corrected chi connectivity index (χ1v) is 7.39. The fourth-order valence-electron chi connectivity index (χ4n) is 2.04. The van der Waals surface area contributed by atoms with Gasteiger partial charge in [-0.25, -0.2) is 5.43 Å². The van der Waals surface area contributed by atoms with Crippen molar-refractivity contribution in [3.63, 3.8) is 0 Å². The summed E-state index contributed by atoms with van der Waals surface area (Å²) in [7, 11) is 1.46. The van der Waals surface area contributed by atoms with Crippen molar-refractivity contribution in [2.24, 2.45) is 5.10 Å². The van der Waals surface area contributed by atoms with Crippen molar-refractivity contribution in [1.82, 2.24) is 5.43 Å². The molecule has 2 rings (SSSR count). The van der Waals surface area contributed by atoms with Gasteiger partial charge in [-0.15, -0.1) is 0 Å². The molecular weight excluding hydrogens is 308 g/mol. The Balaban J connectivity index is 1.90. The molecule has 0 bridgehead atoms. The molecule has 0 radical (unpaired) electrons. The van der Waals surface area contributed by atoms with Crippen LogP contribution >= 0.6 is 0 Å². The van der Waals surface area contributed by atoms with Crippen molar-refractivity contribution in [2.45, 2.75) is 13.8 Å². The number of para-hydroxylation sites is 1. The van der Waals surface area contributed by atoms with Gasteiger partial charge in [0.25, 0.3) is 5.91 Å². The van der Waals surface area contributed by atoms with E-state index in [2.05, 4.69) is 10.5 Å². The lowest BCUT2D eigenvalue weighted by Crippen LogP contribution is -2.24. The van der Waals surface area contributed by atoms with E-state index in [0.29, 0.717) is 17.1 Å². The highest BCUT2D eigenvalue weighted by molar-refractivity contribution is 5.86. The van der Waals surface area contributed by atoms with E-state index < -0.39 is 5.91 Å². The van der Waals surface area contributed by atoms with Crippen LogP contribution in [0, 0.1) is 13.8 Å². The van der Waals surface area contributed by atoms with Crippen molar-refractivity contribution < 1.29 is 19.4 Å². The summed E-state index contributed by atoms with van der Waals surface area (Å²) < 4.78 is 10.5. The van der Waals surface area contributed by atoms with Gasteiger partial charge >= 0.3 is 0 Å². The van der Waals surface area contributed by atoms with Gasteiger partial charge in [0.1, 0.15) is 5.75 Å². The van der Waals surface area contributed by atoms with Gasteiger partial charge in [-0.2, -0.15) is 5.10 Å². The summed E-state index contributed by atoms with van der Waals surface area (Å²) in [4.78, 5) is 11.8. The molecule has 0 heterocycles. The summed E-state index contributed by atoms with van der Waals surface area (Å²) in [5.74, 6) is 0.572. The second kappa shape index (κ2) is 8.01. The van der Waals surface area contributed by atoms with E-state index in [1.165, 1.54) is 13.3 Å². The van der Waals surface area contributed by atoms with Crippen LogP contribution in [0.2, 0.25) is 0 Å². The number of hydrogen-bond donors (Lipinski definition) is 2. The molecule has 126 valence electrons. The number of nitrogens with one attached hydrogen (secondary N) is 1. The van der Waals surface area contributed by atoms with Crippen LogP contribution in [0.4, 0.5) is 0 Å². The van der Waals surface area contributed by atoms with Crippen molar-refractivity contribution >= 4 is 12.1 Å². The monoisotopic (exact) mass is 328 g/mol. The standard InChI is InChI=1S/C18H20N2O4/c1-12-6-4-8-15(13(12)2)24-11-17(21)20-19-10-14-7-5-9-16(23-3)18(14)22/h4-10,22H,11H2,1-3H3,(H,20,21)/b19-10-. The molecule has 2 aromatic carbocycles. The van der Waals surface area contributed by atoms with E-state index in [4.69, 9.17) is 9.47 Å². The maximum Gasteiger partial charge on any atom is 0.277 e. The minimum absolute atomic E-state index is 0.0374. The second-order valence-corrected chi connectivity index (χ2v) is 5.18. The number of methoxy groups -OCH3 is 1. The molecule has 2 aromatic rings. The quantitative estimate of drug-likeness (QED) is 0.631. The molecule has 0 aliphatic rings. The van der Waals surface area contributed by atoms with Crippen LogP contribution in [0.25, 0.3) is 0 Å². The summed E-state index contributed by atoms with van der Waals surface area (Å²) in [6.45, 7) is 3.77. The lowest BCUT2D eigenvalue weighted by atomic mass is 10.1. The Kier molecular flexibility index (Phi) is 5.78. The molecule has 0 aliphatic heterocycles. The number of carbonyl (C=O) groups is 1. The smallest absolute Gasteiger partial charge is 0.277 e. The first-order valence-electron chi connectivity index (χ1n) is 7.39. The molecule has 0 saturated heterocycles. The number of rotatable bonds is 6. The van der Waals surface area contributed by atoms with Gasteiger partial charge in [0.15, 0.2) is 18.1 Å². The van der Waals surface area contributed by atoms with Gasteiger partial charge in [-0.1, -0.05) is 18.2 Å². The zero-order valence-corrected chi connectivity index (χ0v) is 13.9. The Hall–Kier alpha value is -3.02. The molecular formula is C18H20N2O4. The fourth-order valence-corrected chi connectivity index (χ4v) is 2.04. The van der Waals surface area contributed by atoms with E-state index in [1.54, 1.807) is 18.2 Å². The lowest BCUT2D eigenvalue weighted by Gasteiger charge is -2.09. The Morgan fingerprint density at radius 1 is 1.21 bits per heavy atom. The number of phenols is 1. The first-order chi connectivity index (χ1) is 11.5. The molecule has 0 aliphatic carbocycles. The van der Waals surface area contributed by atoms with E-state index in [-0.39, 0.29) is 12.4 Å². The van der Waals surface area contributed by atoms with Crippen molar-refractivity contribution in [1.29, 1.82) is 0 Å². The number of ether oxygens (including phenoxy) is 2. The number of aryl methyl sites for hydroxylation is 1. The largest absolute Gasteiger partial charge is 0.504 e. The Bertz CT molecular complexity index is 757. The van der Waals surface area contributed by atoms with Gasteiger partial charge in [0, 0.05) is 5.56 Å². The van der Waals surface area contributed by atoms with Gasteiger partial charge in [-0.05, 0) is 43.2 Å². The van der Waals surface area contributed by atoms with Crippen LogP contribution < -0.4 is 14.9 Å². The third kappa shape index (κ3) is 4.25. The molecule has 6 nitrogen and oxygen atoms in total. The summed E-state index contributed by atoms with van der Waals surface area (Å²) >= 11 is 0. The number of hydrazone groups is 1. The molecule has 1 amide bonds. The zero-order valence-electron chi connectivity index (χ0n) is 13.9. The number of nitrogens with zero attached hydrogens (tertiary/aromatic N) is 1. The summed E-state index contributed by atoms with van der Waals surface area (Å²) in [6.07, 6.45) is 1.34. The van der Waals surface area contributed by atoms with Gasteiger partial charge in [0.2, 0.25) is 0 Å². The van der Waals surface area contributed by atoms with Crippen molar-refractivity contribution in [2.75, 3.05) is 13.7 Å². The van der Waals surface area contributed by atoms with Crippen molar-refractivity contribution in [3.8, 4) is 17.2 Å². The minimum atomic E-state index is -0.394. The Morgan fingerprint density at radius 3 is 2.67 bits per heavy atom. The molecule has 24 heavy (non-hydrogen) atoms. The molecule has 0 saturated carbocycles. The van der Waals surface area contributed by atoms with Gasteiger partial charge < -0.3 is 14.6 Å². The number of amides is 1. The predicted octanol–water partition coefficient (Wildman–Crippen LogP) is 2.55. The minimum Gasteiger partial charge on any atom is -0.504 e. The highest BCUT2D eigenvalue weighted by atomic mass is 16.5. The van der Waals surface area contributed by atoms with Crippen LogP contribution in [-0.2, 0) is 4.79 Å². The van der Waals surface area contributed by atoms with Gasteiger partial charge in [0.05, 0.1) is 13.3 Å². The SMILES string of the molecule is COc1cccc(/C=N\NC(=O)COc2cccc(C)c2C)c1O. The highest BCUT2D eigenvalue weighted by Crippen LogP contribution is 2.27. The first kappa shape index (κ1) is 17.3. The highest BCUT2D eigenvalue weighted by Gasteiger charge is 2.07. The molecule has 0 aromatic heterocycles. The maximum absolute atomic E-state index is 11.8. The summed E-state index contributed by atoms with van der Waals surface area (Å²) in [5, 5.41) is 13.7. The molecule has 0 unspecified atom stereocenters. The maximum atomic E-state index is 11.8. The number of hydrogen-bond acceptors (Lipinski definition) is 5. The average molecular weight is 328 g/mol. The van der Waals surface area contributed by atoms with E-state index in [1.807, 2.05) is 32.0 Å². The number of carbonyl (C=O) groups excluding carboxylic acids is 1. The summed E-state index contributed by atoms with van der Waals surface area (Å²) in [6, 6.07) is 10.7.